The van der Waals surface area contributed by atoms with E-state index in [2.05, 4.69) is 17.2 Å². The molecule has 2 rings (SSSR count). The Balaban J connectivity index is 1.76. The highest BCUT2D eigenvalue weighted by Crippen LogP contribution is 2.13. The van der Waals surface area contributed by atoms with Gasteiger partial charge in [-0.25, -0.2) is 0 Å². The Bertz CT molecular complexity index is 725. The van der Waals surface area contributed by atoms with Crippen LogP contribution in [0, 0.1) is 0 Å². The predicted molar refractivity (Wildman–Crippen MR) is 102 cm³/mol. The number of rotatable bonds is 10. The molecule has 1 aromatic heterocycles. The van der Waals surface area contributed by atoms with Gasteiger partial charge in [0.05, 0.1) is 0 Å². The van der Waals surface area contributed by atoms with E-state index in [1.54, 1.807) is 30.6 Å². The number of hydrogen-bond acceptors (Lipinski definition) is 4. The minimum atomic E-state index is -0.171. The molecule has 2 aromatic rings. The monoisotopic (exact) mass is 352 g/mol. The van der Waals surface area contributed by atoms with Gasteiger partial charge in [0.25, 0.3) is 0 Å². The number of ether oxygens (including phenoxy) is 1. The zero-order valence-electron chi connectivity index (χ0n) is 15.0. The van der Waals surface area contributed by atoms with Gasteiger partial charge in [-0.1, -0.05) is 31.5 Å². The molecule has 1 N–H and O–H groups in total. The average Bonchev–Trinajstić information content (AvgIpc) is 2.69. The topological polar surface area (TPSA) is 68.3 Å². The fourth-order valence-electron chi connectivity index (χ4n) is 2.21. The Labute approximate surface area is 154 Å². The summed E-state index contributed by atoms with van der Waals surface area (Å²) >= 11 is 0. The maximum atomic E-state index is 11.8. The van der Waals surface area contributed by atoms with Crippen LogP contribution in [0.25, 0.3) is 6.08 Å². The van der Waals surface area contributed by atoms with Crippen molar-refractivity contribution in [1.29, 1.82) is 0 Å². The number of benzene rings is 1. The standard InChI is InChI=1S/C21H24N2O3/c1-2-3-6-19(24)16-26-20-10-7-17(8-11-20)9-12-21(25)23-15-18-5-4-13-22-14-18/h4-5,7-14H,2-3,6,15-16H2,1H3,(H,23,25)/b12-9+. The molecular weight excluding hydrogens is 328 g/mol. The molecule has 0 radical (unpaired) electrons. The van der Waals surface area contributed by atoms with Crippen LogP contribution in [0.15, 0.2) is 54.9 Å². The smallest absolute Gasteiger partial charge is 0.244 e. The first-order valence-corrected chi connectivity index (χ1v) is 8.76. The fourth-order valence-corrected chi connectivity index (χ4v) is 2.21. The van der Waals surface area contributed by atoms with Crippen LogP contribution >= 0.6 is 0 Å². The van der Waals surface area contributed by atoms with Crippen molar-refractivity contribution in [1.82, 2.24) is 10.3 Å². The summed E-state index contributed by atoms with van der Waals surface area (Å²) in [5, 5.41) is 2.80. The molecule has 0 aliphatic heterocycles. The number of pyridine rings is 1. The van der Waals surface area contributed by atoms with Gasteiger partial charge in [0.15, 0.2) is 5.78 Å². The third-order valence-electron chi connectivity index (χ3n) is 3.71. The van der Waals surface area contributed by atoms with E-state index < -0.39 is 0 Å². The molecule has 1 amide bonds. The summed E-state index contributed by atoms with van der Waals surface area (Å²) in [5.74, 6) is 0.588. The molecule has 5 nitrogen and oxygen atoms in total. The summed E-state index contributed by atoms with van der Waals surface area (Å²) in [6.07, 6.45) is 9.09. The summed E-state index contributed by atoms with van der Waals surface area (Å²) in [6.45, 7) is 2.60. The van der Waals surface area contributed by atoms with Crippen molar-refractivity contribution in [3.05, 3.63) is 66.0 Å². The molecule has 1 heterocycles. The van der Waals surface area contributed by atoms with Gasteiger partial charge in [-0.05, 0) is 41.8 Å². The Kier molecular flexibility index (Phi) is 8.06. The van der Waals surface area contributed by atoms with Crippen LogP contribution in [0.4, 0.5) is 0 Å². The minimum Gasteiger partial charge on any atom is -0.486 e. The number of aromatic nitrogens is 1. The lowest BCUT2D eigenvalue weighted by Gasteiger charge is -2.05. The summed E-state index contributed by atoms with van der Waals surface area (Å²) < 4.78 is 5.47. The number of ketones is 1. The largest absolute Gasteiger partial charge is 0.486 e. The Morgan fingerprint density at radius 3 is 2.69 bits per heavy atom. The number of nitrogens with zero attached hydrogens (tertiary/aromatic N) is 1. The third kappa shape index (κ3) is 7.30. The lowest BCUT2D eigenvalue weighted by Crippen LogP contribution is -2.20. The first-order chi connectivity index (χ1) is 12.7. The molecule has 0 unspecified atom stereocenters. The molecule has 0 aliphatic carbocycles. The molecule has 136 valence electrons. The molecule has 0 atom stereocenters. The number of Topliss-reactive ketones (excluding diaryl/α,β-unsaturated/α-hetero) is 1. The van der Waals surface area contributed by atoms with Crippen LogP contribution in [0.2, 0.25) is 0 Å². The molecule has 0 aliphatic rings. The summed E-state index contributed by atoms with van der Waals surface area (Å²) in [7, 11) is 0. The zero-order valence-corrected chi connectivity index (χ0v) is 15.0. The second-order valence-corrected chi connectivity index (χ2v) is 5.91. The van der Waals surface area contributed by atoms with Crippen molar-refractivity contribution in [3.8, 4) is 5.75 Å². The molecule has 0 bridgehead atoms. The van der Waals surface area contributed by atoms with E-state index >= 15 is 0 Å². The van der Waals surface area contributed by atoms with Gasteiger partial charge in [0.1, 0.15) is 12.4 Å². The average molecular weight is 352 g/mol. The first kappa shape index (κ1) is 19.4. The van der Waals surface area contributed by atoms with Gasteiger partial charge in [-0.2, -0.15) is 0 Å². The van der Waals surface area contributed by atoms with E-state index in [0.717, 1.165) is 24.0 Å². The lowest BCUT2D eigenvalue weighted by molar-refractivity contribution is -0.121. The highest BCUT2D eigenvalue weighted by molar-refractivity contribution is 5.91. The first-order valence-electron chi connectivity index (χ1n) is 8.76. The molecule has 0 saturated carbocycles. The van der Waals surface area contributed by atoms with Crippen molar-refractivity contribution in [2.45, 2.75) is 32.7 Å². The number of nitrogens with one attached hydrogen (secondary N) is 1. The molecule has 26 heavy (non-hydrogen) atoms. The quantitative estimate of drug-likeness (QED) is 0.664. The number of carbonyl (C=O) groups excluding carboxylic acids is 2. The number of amides is 1. The Morgan fingerprint density at radius 2 is 2.00 bits per heavy atom. The van der Waals surface area contributed by atoms with Gasteiger partial charge in [-0.3, -0.25) is 14.6 Å². The minimum absolute atomic E-state index is 0.103. The molecular formula is C21H24N2O3. The van der Waals surface area contributed by atoms with Crippen molar-refractivity contribution in [2.75, 3.05) is 6.61 Å². The van der Waals surface area contributed by atoms with Crippen LogP contribution in [0.1, 0.15) is 37.3 Å². The van der Waals surface area contributed by atoms with Gasteiger partial charge in [-0.15, -0.1) is 0 Å². The maximum absolute atomic E-state index is 11.8. The van der Waals surface area contributed by atoms with Crippen LogP contribution in [-0.2, 0) is 16.1 Å². The number of hydrogen-bond donors (Lipinski definition) is 1. The van der Waals surface area contributed by atoms with Crippen molar-refractivity contribution >= 4 is 17.8 Å². The van der Waals surface area contributed by atoms with E-state index in [1.165, 1.54) is 6.08 Å². The normalized spacial score (nSPS) is 10.7. The molecule has 1 aromatic carbocycles. The van der Waals surface area contributed by atoms with E-state index in [-0.39, 0.29) is 18.3 Å². The van der Waals surface area contributed by atoms with Crippen LogP contribution < -0.4 is 10.1 Å². The molecule has 0 fully saturated rings. The molecule has 0 saturated heterocycles. The molecule has 0 spiro atoms. The van der Waals surface area contributed by atoms with E-state index in [4.69, 9.17) is 4.74 Å². The highest BCUT2D eigenvalue weighted by atomic mass is 16.5. The highest BCUT2D eigenvalue weighted by Gasteiger charge is 2.02. The number of unbranched alkanes of at least 4 members (excludes halogenated alkanes) is 1. The number of carbonyl (C=O) groups is 2. The van der Waals surface area contributed by atoms with Gasteiger partial charge in [0.2, 0.25) is 5.91 Å². The van der Waals surface area contributed by atoms with E-state index in [1.807, 2.05) is 24.3 Å². The Morgan fingerprint density at radius 1 is 1.19 bits per heavy atom. The lowest BCUT2D eigenvalue weighted by atomic mass is 10.2. The fraction of sp³-hybridized carbons (Fsp3) is 0.286. The van der Waals surface area contributed by atoms with E-state index in [0.29, 0.717) is 18.7 Å². The Hall–Kier alpha value is -2.95. The third-order valence-corrected chi connectivity index (χ3v) is 3.71. The van der Waals surface area contributed by atoms with Gasteiger partial charge in [0, 0.05) is 31.4 Å². The van der Waals surface area contributed by atoms with Crippen LogP contribution in [-0.4, -0.2) is 23.3 Å². The van der Waals surface area contributed by atoms with E-state index in [9.17, 15) is 9.59 Å². The van der Waals surface area contributed by atoms with Crippen LogP contribution in [0.3, 0.4) is 0 Å². The summed E-state index contributed by atoms with van der Waals surface area (Å²) in [4.78, 5) is 27.4. The van der Waals surface area contributed by atoms with Crippen LogP contribution in [0.5, 0.6) is 5.75 Å². The molecule has 5 heteroatoms. The van der Waals surface area contributed by atoms with Gasteiger partial charge >= 0.3 is 0 Å². The summed E-state index contributed by atoms with van der Waals surface area (Å²) in [5.41, 5.74) is 1.83. The SMILES string of the molecule is CCCCC(=O)COc1ccc(/C=C/C(=O)NCc2cccnc2)cc1. The zero-order chi connectivity index (χ0) is 18.6. The van der Waals surface area contributed by atoms with Gasteiger partial charge < -0.3 is 10.1 Å². The van der Waals surface area contributed by atoms with Crippen molar-refractivity contribution < 1.29 is 14.3 Å². The van der Waals surface area contributed by atoms with Crippen molar-refractivity contribution in [2.24, 2.45) is 0 Å². The summed E-state index contributed by atoms with van der Waals surface area (Å²) in [6, 6.07) is 11.0. The predicted octanol–water partition coefficient (Wildman–Crippen LogP) is 3.55. The maximum Gasteiger partial charge on any atom is 0.244 e. The second-order valence-electron chi connectivity index (χ2n) is 5.91. The second kappa shape index (κ2) is 10.8. The van der Waals surface area contributed by atoms with Crippen molar-refractivity contribution in [3.63, 3.8) is 0 Å².